The molecule has 1 nitrogen and oxygen atoms in total. The molecule has 2 heterocycles. The van der Waals surface area contributed by atoms with Crippen LogP contribution in [0.3, 0.4) is 0 Å². The molecule has 3 atom stereocenters. The average molecular weight is 308 g/mol. The standard InChI is InChI=1S/C22H28O/c1-19(2,3)21-13-14-22(23-21,20(4,5)6)18-16-10-8-7-9-15(16)11-12-17(18)21/h7-10,12-14,18H,11H2,1-6H3/t18-,21+,22-/m0/s1. The largest absolute Gasteiger partial charge is 0.354 e. The molecule has 2 bridgehead atoms. The number of rotatable bonds is 0. The number of allylic oxidation sites excluding steroid dienone is 1. The lowest BCUT2D eigenvalue weighted by atomic mass is 9.57. The molecule has 0 aromatic heterocycles. The first-order valence-electron chi connectivity index (χ1n) is 8.81. The predicted octanol–water partition coefficient (Wildman–Crippen LogP) is 5.42. The van der Waals surface area contributed by atoms with E-state index in [1.165, 1.54) is 16.7 Å². The van der Waals surface area contributed by atoms with Crippen molar-refractivity contribution in [2.24, 2.45) is 10.8 Å². The monoisotopic (exact) mass is 308 g/mol. The van der Waals surface area contributed by atoms with Crippen LogP contribution in [-0.4, -0.2) is 11.2 Å². The van der Waals surface area contributed by atoms with E-state index in [4.69, 9.17) is 4.74 Å². The van der Waals surface area contributed by atoms with Gasteiger partial charge in [-0.2, -0.15) is 0 Å². The van der Waals surface area contributed by atoms with E-state index < -0.39 is 0 Å². The number of hydrogen-bond donors (Lipinski definition) is 0. The fraction of sp³-hybridized carbons (Fsp3) is 0.545. The Morgan fingerprint density at radius 3 is 2.30 bits per heavy atom. The maximum atomic E-state index is 7.00. The van der Waals surface area contributed by atoms with Gasteiger partial charge in [0.25, 0.3) is 0 Å². The lowest BCUT2D eigenvalue weighted by molar-refractivity contribution is -0.124. The molecule has 122 valence electrons. The molecule has 23 heavy (non-hydrogen) atoms. The van der Waals surface area contributed by atoms with Crippen molar-refractivity contribution < 1.29 is 4.74 Å². The van der Waals surface area contributed by atoms with Gasteiger partial charge in [0.15, 0.2) is 0 Å². The number of benzene rings is 1. The van der Waals surface area contributed by atoms with Gasteiger partial charge >= 0.3 is 0 Å². The molecule has 4 rings (SSSR count). The molecule has 0 spiro atoms. The Morgan fingerprint density at radius 1 is 0.957 bits per heavy atom. The third-order valence-electron chi connectivity index (χ3n) is 6.26. The van der Waals surface area contributed by atoms with E-state index in [9.17, 15) is 0 Å². The highest BCUT2D eigenvalue weighted by atomic mass is 16.5. The summed E-state index contributed by atoms with van der Waals surface area (Å²) in [5.41, 5.74) is 3.99. The van der Waals surface area contributed by atoms with Gasteiger partial charge in [-0.1, -0.05) is 78.0 Å². The third-order valence-corrected chi connectivity index (χ3v) is 6.26. The zero-order valence-electron chi connectivity index (χ0n) is 15.2. The normalized spacial score (nSPS) is 35.0. The van der Waals surface area contributed by atoms with Crippen LogP contribution in [0.4, 0.5) is 0 Å². The van der Waals surface area contributed by atoms with Crippen molar-refractivity contribution in [3.63, 3.8) is 0 Å². The Morgan fingerprint density at radius 2 is 1.65 bits per heavy atom. The fourth-order valence-corrected chi connectivity index (χ4v) is 4.89. The van der Waals surface area contributed by atoms with Crippen molar-refractivity contribution in [3.05, 3.63) is 59.2 Å². The summed E-state index contributed by atoms with van der Waals surface area (Å²) in [5.74, 6) is 0.344. The number of hydrogen-bond acceptors (Lipinski definition) is 1. The zero-order chi connectivity index (χ0) is 16.7. The summed E-state index contributed by atoms with van der Waals surface area (Å²) in [6.45, 7) is 13.9. The first-order valence-corrected chi connectivity index (χ1v) is 8.81. The highest BCUT2D eigenvalue weighted by Crippen LogP contribution is 2.68. The molecule has 3 aliphatic rings. The van der Waals surface area contributed by atoms with Crippen molar-refractivity contribution in [3.8, 4) is 0 Å². The van der Waals surface area contributed by atoms with Crippen LogP contribution in [0.15, 0.2) is 48.1 Å². The molecule has 0 radical (unpaired) electrons. The van der Waals surface area contributed by atoms with Gasteiger partial charge in [0.2, 0.25) is 0 Å². The van der Waals surface area contributed by atoms with E-state index >= 15 is 0 Å². The maximum Gasteiger partial charge on any atom is 0.114 e. The van der Waals surface area contributed by atoms with E-state index in [1.54, 1.807) is 0 Å². The molecule has 0 amide bonds. The summed E-state index contributed by atoms with van der Waals surface area (Å²) in [5, 5.41) is 0. The quantitative estimate of drug-likeness (QED) is 0.581. The van der Waals surface area contributed by atoms with Crippen LogP contribution in [0, 0.1) is 10.8 Å². The third kappa shape index (κ3) is 1.67. The molecule has 0 unspecified atom stereocenters. The Balaban J connectivity index is 2.00. The van der Waals surface area contributed by atoms with Gasteiger partial charge < -0.3 is 4.74 Å². The second kappa shape index (κ2) is 4.19. The van der Waals surface area contributed by atoms with E-state index in [-0.39, 0.29) is 22.0 Å². The lowest BCUT2D eigenvalue weighted by Gasteiger charge is -2.43. The van der Waals surface area contributed by atoms with Gasteiger partial charge in [-0.15, -0.1) is 0 Å². The summed E-state index contributed by atoms with van der Waals surface area (Å²) in [6, 6.07) is 8.93. The maximum absolute atomic E-state index is 7.00. The Kier molecular flexibility index (Phi) is 2.77. The van der Waals surface area contributed by atoms with Crippen molar-refractivity contribution in [1.82, 2.24) is 0 Å². The first kappa shape index (κ1) is 15.2. The lowest BCUT2D eigenvalue weighted by Crippen LogP contribution is -2.45. The number of ether oxygens (including phenoxy) is 1. The highest BCUT2D eigenvalue weighted by Gasteiger charge is 2.69. The topological polar surface area (TPSA) is 9.23 Å². The number of fused-ring (bicyclic) bond motifs is 7. The minimum absolute atomic E-state index is 0.0429. The molecule has 1 fully saturated rings. The predicted molar refractivity (Wildman–Crippen MR) is 95.6 cm³/mol. The first-order chi connectivity index (χ1) is 10.6. The fourth-order valence-electron chi connectivity index (χ4n) is 4.89. The summed E-state index contributed by atoms with van der Waals surface area (Å²) in [4.78, 5) is 0. The van der Waals surface area contributed by atoms with Crippen LogP contribution < -0.4 is 0 Å². The van der Waals surface area contributed by atoms with Crippen LogP contribution in [0.5, 0.6) is 0 Å². The Bertz CT molecular complexity index is 725. The second-order valence-corrected chi connectivity index (χ2v) is 9.46. The SMILES string of the molecule is CC(C)(C)[C@@]12C=C[C@@](C(C)(C)C)(O1)C1=CCc3ccccc3[C@@H]12. The minimum Gasteiger partial charge on any atom is -0.354 e. The summed E-state index contributed by atoms with van der Waals surface area (Å²) < 4.78 is 7.00. The van der Waals surface area contributed by atoms with Crippen molar-refractivity contribution in [1.29, 1.82) is 0 Å². The van der Waals surface area contributed by atoms with E-state index in [1.807, 2.05) is 0 Å². The average Bonchev–Trinajstić information content (AvgIpc) is 3.01. The Labute approximate surface area is 140 Å². The van der Waals surface area contributed by atoms with Gasteiger partial charge in [0.1, 0.15) is 11.2 Å². The molecule has 1 aromatic carbocycles. The molecule has 1 aromatic rings. The van der Waals surface area contributed by atoms with Gasteiger partial charge in [0, 0.05) is 5.92 Å². The zero-order valence-corrected chi connectivity index (χ0v) is 15.2. The summed E-state index contributed by atoms with van der Waals surface area (Å²) >= 11 is 0. The molecular weight excluding hydrogens is 280 g/mol. The highest BCUT2D eigenvalue weighted by molar-refractivity contribution is 5.58. The molecule has 0 N–H and O–H groups in total. The van der Waals surface area contributed by atoms with E-state index in [0.29, 0.717) is 5.92 Å². The van der Waals surface area contributed by atoms with Gasteiger partial charge in [0.05, 0.1) is 0 Å². The van der Waals surface area contributed by atoms with Crippen LogP contribution in [0.1, 0.15) is 58.6 Å². The molecular formula is C22H28O. The van der Waals surface area contributed by atoms with Crippen LogP contribution in [0.25, 0.3) is 0 Å². The molecule has 1 heteroatoms. The summed E-state index contributed by atoms with van der Waals surface area (Å²) in [7, 11) is 0. The molecule has 1 saturated heterocycles. The van der Waals surface area contributed by atoms with Crippen molar-refractivity contribution in [2.75, 3.05) is 0 Å². The van der Waals surface area contributed by atoms with E-state index in [0.717, 1.165) is 6.42 Å². The minimum atomic E-state index is -0.265. The Hall–Kier alpha value is -1.34. The van der Waals surface area contributed by atoms with E-state index in [2.05, 4.69) is 84.0 Å². The van der Waals surface area contributed by atoms with Gasteiger partial charge in [-0.05, 0) is 40.0 Å². The smallest absolute Gasteiger partial charge is 0.114 e. The second-order valence-electron chi connectivity index (χ2n) is 9.46. The summed E-state index contributed by atoms with van der Waals surface area (Å²) in [6.07, 6.45) is 8.21. The van der Waals surface area contributed by atoms with Gasteiger partial charge in [-0.3, -0.25) is 0 Å². The van der Waals surface area contributed by atoms with Crippen LogP contribution in [0.2, 0.25) is 0 Å². The van der Waals surface area contributed by atoms with Crippen LogP contribution >= 0.6 is 0 Å². The van der Waals surface area contributed by atoms with Crippen LogP contribution in [-0.2, 0) is 11.2 Å². The van der Waals surface area contributed by atoms with Gasteiger partial charge in [-0.25, -0.2) is 0 Å². The van der Waals surface area contributed by atoms with Crippen molar-refractivity contribution >= 4 is 0 Å². The van der Waals surface area contributed by atoms with Crippen molar-refractivity contribution in [2.45, 2.75) is 65.1 Å². The molecule has 0 saturated carbocycles. The molecule has 2 aliphatic heterocycles. The molecule has 1 aliphatic carbocycles.